The van der Waals surface area contributed by atoms with E-state index in [9.17, 15) is 0 Å². The zero-order chi connectivity index (χ0) is 16.9. The molecule has 0 amide bonds. The number of aryl methyl sites for hydroxylation is 1. The molecular weight excluding hydrogens is 314 g/mol. The molecule has 0 aliphatic heterocycles. The van der Waals surface area contributed by atoms with Crippen LogP contribution in [-0.4, -0.2) is 14.8 Å². The minimum Gasteiger partial charge on any atom is -0.541 e. The van der Waals surface area contributed by atoms with Crippen molar-refractivity contribution in [2.75, 3.05) is 0 Å². The van der Waals surface area contributed by atoms with Crippen molar-refractivity contribution in [1.29, 1.82) is 0 Å². The van der Waals surface area contributed by atoms with Crippen LogP contribution in [0.1, 0.15) is 16.9 Å². The van der Waals surface area contributed by atoms with E-state index in [-0.39, 0.29) is 0 Å². The Bertz CT molecular complexity index is 824. The van der Waals surface area contributed by atoms with Gasteiger partial charge in [0.15, 0.2) is 5.76 Å². The lowest BCUT2D eigenvalue weighted by atomic mass is 10.1. The van der Waals surface area contributed by atoms with Gasteiger partial charge in [-0.3, -0.25) is 0 Å². The van der Waals surface area contributed by atoms with Crippen LogP contribution in [0.2, 0.25) is 13.1 Å². The number of hydrogen-bond donors (Lipinski definition) is 0. The van der Waals surface area contributed by atoms with Gasteiger partial charge in [-0.1, -0.05) is 42.5 Å². The van der Waals surface area contributed by atoms with Gasteiger partial charge in [-0.25, -0.2) is 4.99 Å². The lowest BCUT2D eigenvalue weighted by Crippen LogP contribution is -2.11. The first kappa shape index (κ1) is 16.3. The summed E-state index contributed by atoms with van der Waals surface area (Å²) in [6, 6.07) is 19.9. The zero-order valence-electron chi connectivity index (χ0n) is 14.1. The summed E-state index contributed by atoms with van der Waals surface area (Å²) in [6.07, 6.45) is 1.67. The molecule has 3 rings (SSSR count). The molecule has 0 unspecified atom stereocenters. The van der Waals surface area contributed by atoms with Crippen LogP contribution in [0, 0.1) is 6.92 Å². The molecular formula is C20H20NO2Si. The summed E-state index contributed by atoms with van der Waals surface area (Å²) >= 11 is 0. The molecule has 24 heavy (non-hydrogen) atoms. The van der Waals surface area contributed by atoms with Gasteiger partial charge in [0.2, 0.25) is 0 Å². The van der Waals surface area contributed by atoms with Gasteiger partial charge in [-0.15, -0.1) is 0 Å². The second-order valence-electron chi connectivity index (χ2n) is 5.74. The number of benzene rings is 2. The first-order valence-corrected chi connectivity index (χ1v) is 10.3. The Kier molecular flexibility index (Phi) is 4.96. The third kappa shape index (κ3) is 3.66. The number of furan rings is 1. The quantitative estimate of drug-likeness (QED) is 0.463. The highest BCUT2D eigenvalue weighted by Gasteiger charge is 2.14. The van der Waals surface area contributed by atoms with Crippen molar-refractivity contribution in [2.24, 2.45) is 4.99 Å². The Hall–Kier alpha value is -2.59. The van der Waals surface area contributed by atoms with Gasteiger partial charge in [0.25, 0.3) is 9.04 Å². The number of hydrogen-bond acceptors (Lipinski definition) is 3. The topological polar surface area (TPSA) is 34.7 Å². The molecule has 0 atom stereocenters. The molecule has 1 aromatic heterocycles. The lowest BCUT2D eigenvalue weighted by Gasteiger charge is -2.14. The van der Waals surface area contributed by atoms with Gasteiger partial charge in [-0.05, 0) is 43.8 Å². The standard InChI is InChI=1S/C20H20NO2Si/c1-15-9-7-12-18(23-24(2)3)19(15)21-20(17-13-8-14-22-17)16-10-5-4-6-11-16/h4-14H,1-3H3. The predicted molar refractivity (Wildman–Crippen MR) is 99.7 cm³/mol. The molecule has 0 spiro atoms. The van der Waals surface area contributed by atoms with Crippen LogP contribution in [0.5, 0.6) is 5.75 Å². The van der Waals surface area contributed by atoms with Gasteiger partial charge >= 0.3 is 0 Å². The fraction of sp³-hybridized carbons (Fsp3) is 0.150. The van der Waals surface area contributed by atoms with Crippen molar-refractivity contribution >= 4 is 20.4 Å². The Morgan fingerprint density at radius 3 is 2.42 bits per heavy atom. The molecule has 1 radical (unpaired) electrons. The van der Waals surface area contributed by atoms with Crippen LogP contribution in [0.25, 0.3) is 0 Å². The third-order valence-corrected chi connectivity index (χ3v) is 4.17. The van der Waals surface area contributed by atoms with E-state index in [1.54, 1.807) is 6.26 Å². The van der Waals surface area contributed by atoms with E-state index in [1.807, 2.05) is 67.6 Å². The lowest BCUT2D eigenvalue weighted by molar-refractivity contribution is 0.558. The molecule has 0 fully saturated rings. The molecule has 0 saturated heterocycles. The minimum atomic E-state index is -0.871. The smallest absolute Gasteiger partial charge is 0.274 e. The molecule has 3 nitrogen and oxygen atoms in total. The summed E-state index contributed by atoms with van der Waals surface area (Å²) in [5.74, 6) is 1.57. The summed E-state index contributed by atoms with van der Waals surface area (Å²) in [4.78, 5) is 4.94. The van der Waals surface area contributed by atoms with Crippen LogP contribution in [0.15, 0.2) is 76.3 Å². The van der Waals surface area contributed by atoms with Crippen LogP contribution < -0.4 is 4.43 Å². The zero-order valence-corrected chi connectivity index (χ0v) is 15.1. The first-order chi connectivity index (χ1) is 11.6. The molecule has 0 aliphatic carbocycles. The average molecular weight is 334 g/mol. The van der Waals surface area contributed by atoms with E-state index in [0.29, 0.717) is 0 Å². The van der Waals surface area contributed by atoms with Gasteiger partial charge < -0.3 is 8.84 Å². The highest BCUT2D eigenvalue weighted by Crippen LogP contribution is 2.33. The number of para-hydroxylation sites is 1. The summed E-state index contributed by atoms with van der Waals surface area (Å²) in [6.45, 7) is 6.28. The van der Waals surface area contributed by atoms with Crippen molar-refractivity contribution in [2.45, 2.75) is 20.0 Å². The first-order valence-electron chi connectivity index (χ1n) is 7.91. The molecule has 4 heteroatoms. The molecule has 1 heterocycles. The van der Waals surface area contributed by atoms with Crippen LogP contribution in [0.3, 0.4) is 0 Å². The number of aliphatic imine (C=N–C) groups is 1. The SMILES string of the molecule is Cc1cccc(O[Si](C)C)c1N=C(c1ccccc1)c1ccco1. The Labute approximate surface area is 144 Å². The van der Waals surface area contributed by atoms with E-state index >= 15 is 0 Å². The molecule has 121 valence electrons. The molecule has 0 saturated carbocycles. The van der Waals surface area contributed by atoms with Crippen molar-refractivity contribution in [3.05, 3.63) is 83.8 Å². The van der Waals surface area contributed by atoms with Crippen molar-refractivity contribution in [1.82, 2.24) is 0 Å². The Morgan fingerprint density at radius 2 is 1.75 bits per heavy atom. The average Bonchev–Trinajstić information content (AvgIpc) is 3.09. The molecule has 0 aliphatic rings. The maximum atomic E-state index is 6.04. The van der Waals surface area contributed by atoms with Crippen molar-refractivity contribution in [3.8, 4) is 5.75 Å². The molecule has 3 aromatic rings. The highest BCUT2D eigenvalue weighted by atomic mass is 28.3. The second-order valence-corrected chi connectivity index (χ2v) is 7.76. The predicted octanol–water partition coefficient (Wildman–Crippen LogP) is 5.39. The van der Waals surface area contributed by atoms with E-state index in [2.05, 4.69) is 13.1 Å². The minimum absolute atomic E-state index is 0.744. The van der Waals surface area contributed by atoms with Crippen LogP contribution in [0.4, 0.5) is 5.69 Å². The Morgan fingerprint density at radius 1 is 0.958 bits per heavy atom. The second kappa shape index (κ2) is 7.32. The fourth-order valence-corrected chi connectivity index (χ4v) is 3.07. The van der Waals surface area contributed by atoms with Crippen molar-refractivity contribution in [3.63, 3.8) is 0 Å². The van der Waals surface area contributed by atoms with Gasteiger partial charge in [0, 0.05) is 5.56 Å². The summed E-state index contributed by atoms with van der Waals surface area (Å²) in [5.41, 5.74) is 3.76. The monoisotopic (exact) mass is 334 g/mol. The maximum Gasteiger partial charge on any atom is 0.274 e. The molecule has 0 bridgehead atoms. The summed E-state index contributed by atoms with van der Waals surface area (Å²) < 4.78 is 11.7. The molecule has 0 N–H and O–H groups in total. The normalized spacial score (nSPS) is 11.8. The van der Waals surface area contributed by atoms with Crippen LogP contribution in [-0.2, 0) is 0 Å². The third-order valence-electron chi connectivity index (χ3n) is 3.54. The number of rotatable bonds is 5. The van der Waals surface area contributed by atoms with Crippen LogP contribution >= 0.6 is 0 Å². The van der Waals surface area contributed by atoms with E-state index in [0.717, 1.165) is 34.0 Å². The molecule has 2 aromatic carbocycles. The van der Waals surface area contributed by atoms with Gasteiger partial charge in [0.05, 0.1) is 6.26 Å². The fourth-order valence-electron chi connectivity index (χ4n) is 2.46. The maximum absolute atomic E-state index is 6.04. The largest absolute Gasteiger partial charge is 0.541 e. The summed E-state index contributed by atoms with van der Waals surface area (Å²) in [5, 5.41) is 0. The van der Waals surface area contributed by atoms with Crippen molar-refractivity contribution < 1.29 is 8.84 Å². The van der Waals surface area contributed by atoms with E-state index in [1.165, 1.54) is 0 Å². The van der Waals surface area contributed by atoms with Gasteiger partial charge in [-0.2, -0.15) is 0 Å². The Balaban J connectivity index is 2.16. The van der Waals surface area contributed by atoms with E-state index in [4.69, 9.17) is 13.8 Å². The van der Waals surface area contributed by atoms with Gasteiger partial charge in [0.1, 0.15) is 17.1 Å². The number of nitrogens with zero attached hydrogens (tertiary/aromatic N) is 1. The van der Waals surface area contributed by atoms with E-state index < -0.39 is 9.04 Å². The summed E-state index contributed by atoms with van der Waals surface area (Å²) in [7, 11) is -0.871. The highest BCUT2D eigenvalue weighted by molar-refractivity contribution is 6.49.